The molecule has 0 aliphatic carbocycles. The van der Waals surface area contributed by atoms with Crippen molar-refractivity contribution in [2.45, 2.75) is 225 Å². The van der Waals surface area contributed by atoms with Gasteiger partial charge in [0.1, 0.15) is 0 Å². The zero-order chi connectivity index (χ0) is 36.3. The molecule has 0 saturated carbocycles. The Balaban J connectivity index is 4.05. The van der Waals surface area contributed by atoms with Crippen molar-refractivity contribution >= 4 is 13.7 Å². The summed E-state index contributed by atoms with van der Waals surface area (Å²) >= 11 is 0. The number of carbonyl (C=O) groups is 1. The molecule has 0 aliphatic heterocycles. The van der Waals surface area contributed by atoms with E-state index in [1.165, 1.54) is 128 Å². The van der Waals surface area contributed by atoms with Crippen LogP contribution in [0.1, 0.15) is 206 Å². The van der Waals surface area contributed by atoms with Gasteiger partial charge in [-0.1, -0.05) is 187 Å². The quantitative estimate of drug-likeness (QED) is 0.0311. The van der Waals surface area contributed by atoms with Crippen LogP contribution in [-0.2, 0) is 18.4 Å². The maximum absolute atomic E-state index is 12.7. The number of amides is 1. The molecule has 0 fully saturated rings. The van der Waals surface area contributed by atoms with Gasteiger partial charge in [-0.25, -0.2) is 4.57 Å². The maximum Gasteiger partial charge on any atom is 0.472 e. The highest BCUT2D eigenvalue weighted by Crippen LogP contribution is 2.43. The predicted octanol–water partition coefficient (Wildman–Crippen LogP) is 10.0. The lowest BCUT2D eigenvalue weighted by Gasteiger charge is -2.25. The minimum absolute atomic E-state index is 0.0619. The molecule has 0 bridgehead atoms. The highest BCUT2D eigenvalue weighted by Gasteiger charge is 2.28. The first-order valence-electron chi connectivity index (χ1n) is 20.7. The molecule has 1 amide bonds. The van der Waals surface area contributed by atoms with Gasteiger partial charge in [-0.2, -0.15) is 0 Å². The standard InChI is InChI=1S/C39H81N2O7P/c1-3-5-7-9-11-12-13-14-15-16-17-18-19-20-21-22-23-25-26-28-30-36(42)34-39(44)41-37(35-48-49(45,46)47-33-32-40)38(43)31-29-27-24-10-8-6-4-2/h36-38,42-43H,3-35,40H2,1-2H3,(H,41,44)(H,45,46). The van der Waals surface area contributed by atoms with Crippen molar-refractivity contribution in [2.75, 3.05) is 19.8 Å². The summed E-state index contributed by atoms with van der Waals surface area (Å²) in [6, 6.07) is -0.888. The van der Waals surface area contributed by atoms with E-state index >= 15 is 0 Å². The van der Waals surface area contributed by atoms with E-state index in [0.717, 1.165) is 44.9 Å². The van der Waals surface area contributed by atoms with Crippen LogP contribution in [0.5, 0.6) is 0 Å². The van der Waals surface area contributed by atoms with Gasteiger partial charge in [0.2, 0.25) is 5.91 Å². The fourth-order valence-corrected chi connectivity index (χ4v) is 7.12. The second-order valence-electron chi connectivity index (χ2n) is 14.4. The Labute approximate surface area is 302 Å². The lowest BCUT2D eigenvalue weighted by Crippen LogP contribution is -2.47. The van der Waals surface area contributed by atoms with E-state index in [1.54, 1.807) is 0 Å². The molecule has 0 aromatic rings. The fourth-order valence-electron chi connectivity index (χ4n) is 6.36. The van der Waals surface area contributed by atoms with Crippen LogP contribution in [0, 0.1) is 0 Å². The number of nitrogens with two attached hydrogens (primary N) is 1. The lowest BCUT2D eigenvalue weighted by molar-refractivity contribution is -0.125. The molecular formula is C39H81N2O7P. The summed E-state index contributed by atoms with van der Waals surface area (Å²) in [7, 11) is -4.36. The van der Waals surface area contributed by atoms with Gasteiger partial charge >= 0.3 is 7.82 Å². The Morgan fingerprint density at radius 1 is 0.612 bits per heavy atom. The molecule has 0 aromatic heterocycles. The van der Waals surface area contributed by atoms with Crippen LogP contribution < -0.4 is 11.1 Å². The Bertz CT molecular complexity index is 761. The Hall–Kier alpha value is -0.540. The van der Waals surface area contributed by atoms with Gasteiger partial charge < -0.3 is 26.2 Å². The first-order chi connectivity index (χ1) is 23.8. The van der Waals surface area contributed by atoms with E-state index < -0.39 is 32.0 Å². The van der Waals surface area contributed by atoms with Gasteiger partial charge in [-0.05, 0) is 12.8 Å². The first kappa shape index (κ1) is 48.5. The fraction of sp³-hybridized carbons (Fsp3) is 0.974. The number of aliphatic hydroxyl groups excluding tert-OH is 2. The third-order valence-electron chi connectivity index (χ3n) is 9.52. The number of aliphatic hydroxyl groups is 2. The summed E-state index contributed by atoms with van der Waals surface area (Å²) < 4.78 is 22.0. The smallest absolute Gasteiger partial charge is 0.393 e. The van der Waals surface area contributed by atoms with Crippen LogP contribution >= 0.6 is 7.82 Å². The second kappa shape index (κ2) is 35.8. The van der Waals surface area contributed by atoms with Crippen LogP contribution in [0.3, 0.4) is 0 Å². The average Bonchev–Trinajstić information content (AvgIpc) is 3.07. The molecule has 0 saturated heterocycles. The van der Waals surface area contributed by atoms with Crippen molar-refractivity contribution in [1.29, 1.82) is 0 Å². The molecule has 10 heteroatoms. The third-order valence-corrected chi connectivity index (χ3v) is 10.5. The van der Waals surface area contributed by atoms with Crippen LogP contribution in [0.15, 0.2) is 0 Å². The number of rotatable bonds is 39. The molecule has 9 nitrogen and oxygen atoms in total. The minimum Gasteiger partial charge on any atom is -0.393 e. The number of unbranched alkanes of at least 4 members (excludes halogenated alkanes) is 25. The maximum atomic E-state index is 12.7. The number of hydrogen-bond donors (Lipinski definition) is 5. The molecule has 0 aliphatic rings. The topological polar surface area (TPSA) is 151 Å². The molecule has 0 heterocycles. The minimum atomic E-state index is -4.36. The second-order valence-corrected chi connectivity index (χ2v) is 15.9. The molecule has 0 aromatic carbocycles. The zero-order valence-corrected chi connectivity index (χ0v) is 33.0. The van der Waals surface area contributed by atoms with Crippen LogP contribution in [0.25, 0.3) is 0 Å². The number of hydrogen-bond acceptors (Lipinski definition) is 7. The molecule has 4 atom stereocenters. The van der Waals surface area contributed by atoms with E-state index in [4.69, 9.17) is 14.8 Å². The normalized spacial score (nSPS) is 14.8. The molecule has 0 rings (SSSR count). The molecule has 0 radical (unpaired) electrons. The number of phosphoric ester groups is 1. The van der Waals surface area contributed by atoms with Crippen molar-refractivity contribution in [3.05, 3.63) is 0 Å². The summed E-state index contributed by atoms with van der Waals surface area (Å²) in [5.74, 6) is -0.413. The summed E-state index contributed by atoms with van der Waals surface area (Å²) in [6.45, 7) is 4.00. The SMILES string of the molecule is CCCCCCCCCCCCCCCCCCCCCCC(O)CC(=O)NC(COP(=O)(O)OCCN)C(O)CCCCCCCCC. The van der Waals surface area contributed by atoms with E-state index in [9.17, 15) is 24.5 Å². The van der Waals surface area contributed by atoms with E-state index in [-0.39, 0.29) is 26.2 Å². The Morgan fingerprint density at radius 3 is 1.37 bits per heavy atom. The highest BCUT2D eigenvalue weighted by atomic mass is 31.2. The van der Waals surface area contributed by atoms with Gasteiger partial charge in [0.05, 0.1) is 37.9 Å². The molecule has 0 spiro atoms. The Kier molecular flexibility index (Phi) is 35.4. The summed E-state index contributed by atoms with van der Waals surface area (Å²) in [5.41, 5.74) is 5.34. The van der Waals surface area contributed by atoms with E-state index in [1.807, 2.05) is 0 Å². The molecule has 49 heavy (non-hydrogen) atoms. The van der Waals surface area contributed by atoms with Crippen molar-refractivity contribution in [2.24, 2.45) is 5.73 Å². The van der Waals surface area contributed by atoms with Crippen LogP contribution in [-0.4, -0.2) is 59.0 Å². The van der Waals surface area contributed by atoms with Gasteiger partial charge in [0.15, 0.2) is 0 Å². The van der Waals surface area contributed by atoms with Gasteiger partial charge in [-0.15, -0.1) is 0 Å². The predicted molar refractivity (Wildman–Crippen MR) is 205 cm³/mol. The number of phosphoric acid groups is 1. The van der Waals surface area contributed by atoms with Crippen LogP contribution in [0.2, 0.25) is 0 Å². The van der Waals surface area contributed by atoms with Crippen molar-refractivity contribution in [3.8, 4) is 0 Å². The summed E-state index contributed by atoms with van der Waals surface area (Å²) in [5, 5.41) is 24.0. The largest absolute Gasteiger partial charge is 0.472 e. The number of carbonyl (C=O) groups excluding carboxylic acids is 1. The van der Waals surface area contributed by atoms with Gasteiger partial charge in [-0.3, -0.25) is 13.8 Å². The van der Waals surface area contributed by atoms with Crippen molar-refractivity contribution < 1.29 is 33.5 Å². The average molecular weight is 721 g/mol. The Morgan fingerprint density at radius 2 is 0.980 bits per heavy atom. The molecule has 4 unspecified atom stereocenters. The monoisotopic (exact) mass is 721 g/mol. The third kappa shape index (κ3) is 34.3. The zero-order valence-electron chi connectivity index (χ0n) is 32.1. The first-order valence-corrected chi connectivity index (χ1v) is 22.2. The van der Waals surface area contributed by atoms with Crippen molar-refractivity contribution in [3.63, 3.8) is 0 Å². The lowest BCUT2D eigenvalue weighted by atomic mass is 10.0. The van der Waals surface area contributed by atoms with Crippen LogP contribution in [0.4, 0.5) is 0 Å². The highest BCUT2D eigenvalue weighted by molar-refractivity contribution is 7.47. The van der Waals surface area contributed by atoms with Gasteiger partial charge in [0.25, 0.3) is 0 Å². The summed E-state index contributed by atoms with van der Waals surface area (Å²) in [6.07, 6.45) is 33.2. The molecule has 6 N–H and O–H groups in total. The van der Waals surface area contributed by atoms with E-state index in [0.29, 0.717) is 12.8 Å². The molecule has 294 valence electrons. The van der Waals surface area contributed by atoms with Gasteiger partial charge in [0, 0.05) is 6.54 Å². The number of nitrogens with one attached hydrogen (secondary N) is 1. The summed E-state index contributed by atoms with van der Waals surface area (Å²) in [4.78, 5) is 22.6. The van der Waals surface area contributed by atoms with E-state index in [2.05, 4.69) is 19.2 Å². The van der Waals surface area contributed by atoms with Crippen molar-refractivity contribution in [1.82, 2.24) is 5.32 Å². The molecular weight excluding hydrogens is 639 g/mol.